The fourth-order valence-electron chi connectivity index (χ4n) is 3.93. The number of nitrogens with zero attached hydrogens (tertiary/aromatic N) is 1. The maximum Gasteiger partial charge on any atom is 0.326 e. The van der Waals surface area contributed by atoms with Gasteiger partial charge in [0, 0.05) is 6.54 Å². The van der Waals surface area contributed by atoms with Crippen LogP contribution in [0.25, 0.3) is 0 Å². The highest BCUT2D eigenvalue weighted by molar-refractivity contribution is 5.81. The minimum Gasteiger partial charge on any atom is -0.465 e. The lowest BCUT2D eigenvalue weighted by molar-refractivity contribution is -0.151. The highest BCUT2D eigenvalue weighted by atomic mass is 16.5. The van der Waals surface area contributed by atoms with E-state index < -0.39 is 5.54 Å². The van der Waals surface area contributed by atoms with E-state index in [0.29, 0.717) is 6.61 Å². The number of hydrogen-bond acceptors (Lipinski definition) is 4. The highest BCUT2D eigenvalue weighted by Crippen LogP contribution is 2.37. The molecule has 0 aromatic carbocycles. The molecule has 21 heavy (non-hydrogen) atoms. The summed E-state index contributed by atoms with van der Waals surface area (Å²) in [4.78, 5) is 14.7. The Morgan fingerprint density at radius 2 is 2.10 bits per heavy atom. The molecule has 0 radical (unpaired) electrons. The molecular weight excluding hydrogens is 264 g/mol. The Morgan fingerprint density at radius 3 is 2.76 bits per heavy atom. The molecule has 0 aromatic rings. The van der Waals surface area contributed by atoms with E-state index in [2.05, 4.69) is 18.7 Å². The highest BCUT2D eigenvalue weighted by Gasteiger charge is 2.46. The van der Waals surface area contributed by atoms with Gasteiger partial charge in [-0.2, -0.15) is 0 Å². The number of likely N-dealkylation sites (tertiary alicyclic amines) is 1. The molecule has 2 N–H and O–H groups in total. The third-order valence-corrected chi connectivity index (χ3v) is 5.74. The van der Waals surface area contributed by atoms with Gasteiger partial charge in [-0.3, -0.25) is 4.79 Å². The van der Waals surface area contributed by atoms with Crippen LogP contribution in [0.3, 0.4) is 0 Å². The van der Waals surface area contributed by atoms with Crippen LogP contribution in [-0.2, 0) is 9.53 Å². The van der Waals surface area contributed by atoms with Crippen LogP contribution in [-0.4, -0.2) is 42.6 Å². The first kappa shape index (κ1) is 16.8. The van der Waals surface area contributed by atoms with Crippen molar-refractivity contribution in [3.8, 4) is 0 Å². The van der Waals surface area contributed by atoms with Crippen LogP contribution in [0.4, 0.5) is 0 Å². The van der Waals surface area contributed by atoms with Crippen molar-refractivity contribution in [3.63, 3.8) is 0 Å². The molecule has 1 aliphatic heterocycles. The van der Waals surface area contributed by atoms with Gasteiger partial charge in [-0.25, -0.2) is 0 Å². The Morgan fingerprint density at radius 1 is 1.33 bits per heavy atom. The second-order valence-electron chi connectivity index (χ2n) is 7.18. The van der Waals surface area contributed by atoms with Crippen LogP contribution in [0.1, 0.15) is 52.9 Å². The molecule has 2 aliphatic rings. The summed E-state index contributed by atoms with van der Waals surface area (Å²) in [6, 6.07) is 0. The van der Waals surface area contributed by atoms with Crippen LogP contribution in [0.15, 0.2) is 0 Å². The quantitative estimate of drug-likeness (QED) is 0.792. The normalized spacial score (nSPS) is 37.6. The van der Waals surface area contributed by atoms with Crippen molar-refractivity contribution in [2.75, 3.05) is 26.2 Å². The van der Waals surface area contributed by atoms with Gasteiger partial charge in [0.05, 0.1) is 6.61 Å². The summed E-state index contributed by atoms with van der Waals surface area (Å²) in [6.45, 7) is 10.4. The number of rotatable bonds is 5. The standard InChI is InChI=1S/C17H32N2O2/c1-4-21-16(20)17(18)9-5-6-15(17)8-11-19-10-7-13(2)14(3)12-19/h13-15H,4-12,18H2,1-3H3. The molecule has 4 nitrogen and oxygen atoms in total. The smallest absolute Gasteiger partial charge is 0.326 e. The summed E-state index contributed by atoms with van der Waals surface area (Å²) in [6.07, 6.45) is 5.21. The second-order valence-corrected chi connectivity index (χ2v) is 7.18. The van der Waals surface area contributed by atoms with Gasteiger partial charge in [0.15, 0.2) is 0 Å². The van der Waals surface area contributed by atoms with E-state index in [-0.39, 0.29) is 11.9 Å². The van der Waals surface area contributed by atoms with Crippen molar-refractivity contribution in [1.82, 2.24) is 4.90 Å². The van der Waals surface area contributed by atoms with E-state index >= 15 is 0 Å². The molecule has 0 aromatic heterocycles. The van der Waals surface area contributed by atoms with Crippen molar-refractivity contribution in [3.05, 3.63) is 0 Å². The first-order valence-electron chi connectivity index (χ1n) is 8.65. The Balaban J connectivity index is 1.86. The SMILES string of the molecule is CCOC(=O)C1(N)CCCC1CCN1CCC(C)C(C)C1. The van der Waals surface area contributed by atoms with Crippen LogP contribution in [0.5, 0.6) is 0 Å². The number of ether oxygens (including phenoxy) is 1. The molecular formula is C17H32N2O2. The van der Waals surface area contributed by atoms with E-state index in [1.54, 1.807) is 0 Å². The van der Waals surface area contributed by atoms with Crippen molar-refractivity contribution >= 4 is 5.97 Å². The van der Waals surface area contributed by atoms with Crippen LogP contribution in [0, 0.1) is 17.8 Å². The Bertz CT molecular complexity index is 361. The third-order valence-electron chi connectivity index (χ3n) is 5.74. The monoisotopic (exact) mass is 296 g/mol. The van der Waals surface area contributed by atoms with Gasteiger partial charge >= 0.3 is 5.97 Å². The average Bonchev–Trinajstić information content (AvgIpc) is 2.83. The fourth-order valence-corrected chi connectivity index (χ4v) is 3.93. The lowest BCUT2D eigenvalue weighted by atomic mass is 9.84. The summed E-state index contributed by atoms with van der Waals surface area (Å²) in [7, 11) is 0. The Hall–Kier alpha value is -0.610. The van der Waals surface area contributed by atoms with Gasteiger partial charge in [-0.1, -0.05) is 20.3 Å². The van der Waals surface area contributed by atoms with Gasteiger partial charge in [0.1, 0.15) is 5.54 Å². The Labute approximate surface area is 129 Å². The number of carbonyl (C=O) groups is 1. The van der Waals surface area contributed by atoms with Gasteiger partial charge in [-0.15, -0.1) is 0 Å². The van der Waals surface area contributed by atoms with E-state index in [1.807, 2.05) is 6.92 Å². The fraction of sp³-hybridized carbons (Fsp3) is 0.941. The summed E-state index contributed by atoms with van der Waals surface area (Å²) >= 11 is 0. The van der Waals surface area contributed by atoms with E-state index in [1.165, 1.54) is 19.5 Å². The molecule has 0 bridgehead atoms. The van der Waals surface area contributed by atoms with Crippen molar-refractivity contribution in [2.24, 2.45) is 23.5 Å². The summed E-state index contributed by atoms with van der Waals surface area (Å²) in [5.74, 6) is 1.70. The third kappa shape index (κ3) is 3.78. The van der Waals surface area contributed by atoms with Crippen LogP contribution in [0.2, 0.25) is 0 Å². The number of nitrogens with two attached hydrogens (primary N) is 1. The number of esters is 1. The van der Waals surface area contributed by atoms with Gasteiger partial charge in [0.25, 0.3) is 0 Å². The zero-order valence-electron chi connectivity index (χ0n) is 13.9. The van der Waals surface area contributed by atoms with E-state index in [0.717, 1.165) is 44.1 Å². The number of piperidine rings is 1. The molecule has 0 spiro atoms. The Kier molecular flexibility index (Phi) is 5.67. The van der Waals surface area contributed by atoms with Crippen molar-refractivity contribution in [2.45, 2.75) is 58.4 Å². The minimum absolute atomic E-state index is 0.187. The molecule has 1 aliphatic carbocycles. The van der Waals surface area contributed by atoms with Gasteiger partial charge < -0.3 is 15.4 Å². The van der Waals surface area contributed by atoms with Gasteiger partial charge in [0.2, 0.25) is 0 Å². The number of hydrogen-bond donors (Lipinski definition) is 1. The number of carbonyl (C=O) groups excluding carboxylic acids is 1. The topological polar surface area (TPSA) is 55.6 Å². The lowest BCUT2D eigenvalue weighted by Gasteiger charge is -2.37. The average molecular weight is 296 g/mol. The zero-order valence-corrected chi connectivity index (χ0v) is 13.9. The van der Waals surface area contributed by atoms with E-state index in [4.69, 9.17) is 10.5 Å². The molecule has 4 unspecified atom stereocenters. The van der Waals surface area contributed by atoms with Crippen molar-refractivity contribution in [1.29, 1.82) is 0 Å². The summed E-state index contributed by atoms with van der Waals surface area (Å²) < 4.78 is 5.20. The largest absolute Gasteiger partial charge is 0.465 e. The zero-order chi connectivity index (χ0) is 15.5. The molecule has 4 atom stereocenters. The first-order chi connectivity index (χ1) is 9.97. The van der Waals surface area contributed by atoms with Crippen LogP contribution >= 0.6 is 0 Å². The molecule has 0 amide bonds. The molecule has 2 rings (SSSR count). The van der Waals surface area contributed by atoms with E-state index in [9.17, 15) is 4.79 Å². The molecule has 1 saturated carbocycles. The molecule has 1 saturated heterocycles. The molecule has 1 heterocycles. The molecule has 122 valence electrons. The molecule has 2 fully saturated rings. The first-order valence-corrected chi connectivity index (χ1v) is 8.65. The molecule has 4 heteroatoms. The second kappa shape index (κ2) is 7.10. The summed E-state index contributed by atoms with van der Waals surface area (Å²) in [5.41, 5.74) is 5.67. The maximum atomic E-state index is 12.2. The van der Waals surface area contributed by atoms with Crippen molar-refractivity contribution < 1.29 is 9.53 Å². The minimum atomic E-state index is -0.731. The van der Waals surface area contributed by atoms with Gasteiger partial charge in [-0.05, 0) is 63.5 Å². The predicted molar refractivity (Wildman–Crippen MR) is 84.9 cm³/mol. The predicted octanol–water partition coefficient (Wildman–Crippen LogP) is 2.42. The lowest BCUT2D eigenvalue weighted by Crippen LogP contribution is -2.52. The van der Waals surface area contributed by atoms with Crippen LogP contribution < -0.4 is 5.73 Å². The maximum absolute atomic E-state index is 12.2. The summed E-state index contributed by atoms with van der Waals surface area (Å²) in [5, 5.41) is 0.